The second-order valence-corrected chi connectivity index (χ2v) is 4.57. The number of aliphatic hydroxyl groups excluding tert-OH is 1. The van der Waals surface area contributed by atoms with Crippen molar-refractivity contribution in [1.29, 1.82) is 0 Å². The summed E-state index contributed by atoms with van der Waals surface area (Å²) in [5, 5.41) is 11.6. The van der Waals surface area contributed by atoms with Crippen LogP contribution in [-0.4, -0.2) is 42.3 Å². The fourth-order valence-corrected chi connectivity index (χ4v) is 1.84. The van der Waals surface area contributed by atoms with Crippen LogP contribution in [0.15, 0.2) is 18.2 Å². The molecular weight excluding hydrogens is 275 g/mol. The number of rotatable bonds is 8. The van der Waals surface area contributed by atoms with Crippen molar-refractivity contribution in [1.82, 2.24) is 4.90 Å². The van der Waals surface area contributed by atoms with Crippen LogP contribution in [0.2, 0.25) is 0 Å². The standard InChI is InChI=1S/C15H23FN2O3/c1-3-5-8-18(9-10-19)15(20)17-12-6-7-14(21-4-2)13(16)11-12/h6-7,11,19H,3-5,8-10H2,1-2H3,(H,17,20). The molecule has 0 aromatic heterocycles. The average molecular weight is 298 g/mol. The first-order valence-electron chi connectivity index (χ1n) is 7.21. The van der Waals surface area contributed by atoms with Crippen LogP contribution < -0.4 is 10.1 Å². The van der Waals surface area contributed by atoms with Crippen LogP contribution >= 0.6 is 0 Å². The molecule has 2 amide bonds. The van der Waals surface area contributed by atoms with Gasteiger partial charge in [-0.3, -0.25) is 0 Å². The Kier molecular flexibility index (Phi) is 7.53. The van der Waals surface area contributed by atoms with Gasteiger partial charge in [0.05, 0.1) is 13.2 Å². The van der Waals surface area contributed by atoms with Gasteiger partial charge in [0.1, 0.15) is 0 Å². The van der Waals surface area contributed by atoms with Crippen molar-refractivity contribution in [2.75, 3.05) is 31.6 Å². The zero-order chi connectivity index (χ0) is 15.7. The van der Waals surface area contributed by atoms with Gasteiger partial charge < -0.3 is 20.1 Å². The monoisotopic (exact) mass is 298 g/mol. The van der Waals surface area contributed by atoms with Crippen LogP contribution in [0, 0.1) is 5.82 Å². The molecule has 0 saturated carbocycles. The predicted octanol–water partition coefficient (Wildman–Crippen LogP) is 2.85. The molecule has 118 valence electrons. The van der Waals surface area contributed by atoms with Crippen molar-refractivity contribution in [3.05, 3.63) is 24.0 Å². The van der Waals surface area contributed by atoms with Crippen molar-refractivity contribution < 1.29 is 19.0 Å². The number of nitrogens with one attached hydrogen (secondary N) is 1. The molecule has 2 N–H and O–H groups in total. The first-order chi connectivity index (χ1) is 10.1. The summed E-state index contributed by atoms with van der Waals surface area (Å²) in [7, 11) is 0. The van der Waals surface area contributed by atoms with Crippen molar-refractivity contribution in [3.63, 3.8) is 0 Å². The molecule has 0 radical (unpaired) electrons. The number of ether oxygens (including phenoxy) is 1. The van der Waals surface area contributed by atoms with Gasteiger partial charge in [-0.1, -0.05) is 13.3 Å². The van der Waals surface area contributed by atoms with Gasteiger partial charge >= 0.3 is 6.03 Å². The number of benzene rings is 1. The van der Waals surface area contributed by atoms with Crippen LogP contribution in [0.4, 0.5) is 14.9 Å². The molecule has 0 bridgehead atoms. The SMILES string of the molecule is CCCCN(CCO)C(=O)Nc1ccc(OCC)c(F)c1. The van der Waals surface area contributed by atoms with E-state index in [0.29, 0.717) is 18.8 Å². The van der Waals surface area contributed by atoms with Gasteiger partial charge in [-0.25, -0.2) is 9.18 Å². The highest BCUT2D eigenvalue weighted by Gasteiger charge is 2.13. The van der Waals surface area contributed by atoms with E-state index in [4.69, 9.17) is 9.84 Å². The summed E-state index contributed by atoms with van der Waals surface area (Å²) in [6, 6.07) is 3.95. The molecule has 0 saturated heterocycles. The minimum atomic E-state index is -0.517. The first-order valence-corrected chi connectivity index (χ1v) is 7.21. The Labute approximate surface area is 124 Å². The number of anilines is 1. The van der Waals surface area contributed by atoms with E-state index in [0.717, 1.165) is 12.8 Å². The molecule has 1 aromatic rings. The summed E-state index contributed by atoms with van der Waals surface area (Å²) in [4.78, 5) is 13.6. The van der Waals surface area contributed by atoms with E-state index in [2.05, 4.69) is 5.32 Å². The second-order valence-electron chi connectivity index (χ2n) is 4.57. The molecule has 0 aliphatic heterocycles. The van der Waals surface area contributed by atoms with E-state index in [1.807, 2.05) is 6.92 Å². The highest BCUT2D eigenvalue weighted by Crippen LogP contribution is 2.21. The van der Waals surface area contributed by atoms with Gasteiger partial charge in [0.25, 0.3) is 0 Å². The number of hydrogen-bond donors (Lipinski definition) is 2. The summed E-state index contributed by atoms with van der Waals surface area (Å²) in [6.07, 6.45) is 1.80. The molecule has 21 heavy (non-hydrogen) atoms. The normalized spacial score (nSPS) is 10.3. The Bertz CT molecular complexity index is 455. The van der Waals surface area contributed by atoms with Crippen molar-refractivity contribution in [2.24, 2.45) is 0 Å². The molecule has 0 spiro atoms. The third-order valence-corrected chi connectivity index (χ3v) is 2.92. The first kappa shape index (κ1) is 17.2. The highest BCUT2D eigenvalue weighted by atomic mass is 19.1. The third kappa shape index (κ3) is 5.59. The van der Waals surface area contributed by atoms with Crippen LogP contribution in [0.5, 0.6) is 5.75 Å². The third-order valence-electron chi connectivity index (χ3n) is 2.92. The van der Waals surface area contributed by atoms with E-state index in [1.165, 1.54) is 17.0 Å². The van der Waals surface area contributed by atoms with E-state index in [1.54, 1.807) is 13.0 Å². The highest BCUT2D eigenvalue weighted by molar-refractivity contribution is 5.89. The Hall–Kier alpha value is -1.82. The number of hydrogen-bond acceptors (Lipinski definition) is 3. The number of halogens is 1. The predicted molar refractivity (Wildman–Crippen MR) is 80.2 cm³/mol. The van der Waals surface area contributed by atoms with Gasteiger partial charge in [-0.05, 0) is 25.5 Å². The maximum Gasteiger partial charge on any atom is 0.321 e. The quantitative estimate of drug-likeness (QED) is 0.776. The molecular formula is C15H23FN2O3. The van der Waals surface area contributed by atoms with Gasteiger partial charge in [0.2, 0.25) is 0 Å². The lowest BCUT2D eigenvalue weighted by atomic mass is 10.3. The number of amides is 2. The molecule has 0 atom stereocenters. The van der Waals surface area contributed by atoms with Crippen LogP contribution in [-0.2, 0) is 0 Å². The number of aliphatic hydroxyl groups is 1. The van der Waals surface area contributed by atoms with Crippen LogP contribution in [0.3, 0.4) is 0 Å². The lowest BCUT2D eigenvalue weighted by molar-refractivity contribution is 0.187. The maximum absolute atomic E-state index is 13.7. The second kappa shape index (κ2) is 9.18. The molecule has 5 nitrogen and oxygen atoms in total. The van der Waals surface area contributed by atoms with Crippen LogP contribution in [0.1, 0.15) is 26.7 Å². The minimum Gasteiger partial charge on any atom is -0.491 e. The van der Waals surface area contributed by atoms with Gasteiger partial charge in [-0.15, -0.1) is 0 Å². The fraction of sp³-hybridized carbons (Fsp3) is 0.533. The summed E-state index contributed by atoms with van der Waals surface area (Å²) in [6.45, 7) is 4.89. The molecule has 0 aliphatic rings. The Balaban J connectivity index is 2.69. The lowest BCUT2D eigenvalue weighted by Gasteiger charge is -2.22. The Morgan fingerprint density at radius 2 is 2.14 bits per heavy atom. The molecule has 0 unspecified atom stereocenters. The Morgan fingerprint density at radius 1 is 1.38 bits per heavy atom. The van der Waals surface area contributed by atoms with E-state index in [9.17, 15) is 9.18 Å². The molecule has 6 heteroatoms. The number of carbonyl (C=O) groups excluding carboxylic acids is 1. The minimum absolute atomic E-state index is 0.102. The lowest BCUT2D eigenvalue weighted by Crippen LogP contribution is -2.37. The zero-order valence-corrected chi connectivity index (χ0v) is 12.6. The zero-order valence-electron chi connectivity index (χ0n) is 12.6. The van der Waals surface area contributed by atoms with E-state index >= 15 is 0 Å². The van der Waals surface area contributed by atoms with Gasteiger partial charge in [0.15, 0.2) is 11.6 Å². The smallest absolute Gasteiger partial charge is 0.321 e. The molecule has 1 rings (SSSR count). The van der Waals surface area contributed by atoms with Crippen molar-refractivity contribution >= 4 is 11.7 Å². The number of urea groups is 1. The number of unbranched alkanes of at least 4 members (excludes halogenated alkanes) is 1. The van der Waals surface area contributed by atoms with Gasteiger partial charge in [-0.2, -0.15) is 0 Å². The maximum atomic E-state index is 13.7. The van der Waals surface area contributed by atoms with Gasteiger partial charge in [0, 0.05) is 24.8 Å². The summed E-state index contributed by atoms with van der Waals surface area (Å²) < 4.78 is 18.8. The van der Waals surface area contributed by atoms with Crippen molar-refractivity contribution in [2.45, 2.75) is 26.7 Å². The van der Waals surface area contributed by atoms with E-state index < -0.39 is 5.82 Å². The van der Waals surface area contributed by atoms with Crippen molar-refractivity contribution in [3.8, 4) is 5.75 Å². The largest absolute Gasteiger partial charge is 0.491 e. The molecule has 0 aliphatic carbocycles. The van der Waals surface area contributed by atoms with Crippen LogP contribution in [0.25, 0.3) is 0 Å². The molecule has 0 fully saturated rings. The summed E-state index contributed by atoms with van der Waals surface area (Å²) in [5.41, 5.74) is 0.361. The fourth-order valence-electron chi connectivity index (χ4n) is 1.84. The summed E-state index contributed by atoms with van der Waals surface area (Å²) >= 11 is 0. The topological polar surface area (TPSA) is 61.8 Å². The average Bonchev–Trinajstić information content (AvgIpc) is 2.46. The number of nitrogens with zero attached hydrogens (tertiary/aromatic N) is 1. The number of carbonyl (C=O) groups is 1. The molecule has 1 aromatic carbocycles. The Morgan fingerprint density at radius 3 is 2.71 bits per heavy atom. The molecule has 0 heterocycles. The summed E-state index contributed by atoms with van der Waals surface area (Å²) in [5.74, 6) is -0.356. The van der Waals surface area contributed by atoms with E-state index in [-0.39, 0.29) is 24.9 Å².